The van der Waals surface area contributed by atoms with Gasteiger partial charge in [-0.1, -0.05) is 13.0 Å². The van der Waals surface area contributed by atoms with E-state index in [1.54, 1.807) is 14.2 Å². The van der Waals surface area contributed by atoms with Gasteiger partial charge >= 0.3 is 5.97 Å². The Labute approximate surface area is 118 Å². The van der Waals surface area contributed by atoms with Gasteiger partial charge in [0, 0.05) is 23.7 Å². The van der Waals surface area contributed by atoms with E-state index in [1.165, 1.54) is 0 Å². The Balaban J connectivity index is 2.35. The zero-order valence-corrected chi connectivity index (χ0v) is 12.1. The smallest absolute Gasteiger partial charge is 0.307 e. The molecule has 1 heterocycles. The van der Waals surface area contributed by atoms with E-state index in [9.17, 15) is 4.79 Å². The van der Waals surface area contributed by atoms with Crippen molar-refractivity contribution in [3.63, 3.8) is 0 Å². The molecule has 1 aliphatic rings. The number of aliphatic carboxylic acids is 1. The summed E-state index contributed by atoms with van der Waals surface area (Å²) in [5, 5.41) is 12.4. The highest BCUT2D eigenvalue weighted by molar-refractivity contribution is 5.71. The van der Waals surface area contributed by atoms with Crippen LogP contribution in [-0.4, -0.2) is 31.8 Å². The van der Waals surface area contributed by atoms with Crippen molar-refractivity contribution in [2.24, 2.45) is 5.92 Å². The van der Waals surface area contributed by atoms with Crippen LogP contribution in [0.2, 0.25) is 0 Å². The van der Waals surface area contributed by atoms with Crippen LogP contribution in [0.5, 0.6) is 11.5 Å². The third kappa shape index (κ3) is 2.58. The Hall–Kier alpha value is -1.75. The summed E-state index contributed by atoms with van der Waals surface area (Å²) in [4.78, 5) is 11.1. The van der Waals surface area contributed by atoms with E-state index < -0.39 is 5.97 Å². The Kier molecular flexibility index (Phi) is 4.49. The van der Waals surface area contributed by atoms with E-state index in [-0.39, 0.29) is 12.0 Å². The highest BCUT2D eigenvalue weighted by Gasteiger charge is 2.32. The summed E-state index contributed by atoms with van der Waals surface area (Å²) < 4.78 is 10.9. The molecular formula is C15H21NO4. The fourth-order valence-corrected chi connectivity index (χ4v) is 2.83. The quantitative estimate of drug-likeness (QED) is 0.863. The average molecular weight is 279 g/mol. The molecule has 0 aromatic heterocycles. The van der Waals surface area contributed by atoms with Crippen LogP contribution >= 0.6 is 0 Å². The number of carbonyl (C=O) groups is 1. The van der Waals surface area contributed by atoms with Crippen molar-refractivity contribution in [2.45, 2.75) is 25.8 Å². The molecule has 0 aliphatic carbocycles. The van der Waals surface area contributed by atoms with Crippen LogP contribution in [0.4, 0.5) is 0 Å². The number of hydrogen-bond donors (Lipinski definition) is 2. The van der Waals surface area contributed by atoms with Crippen LogP contribution in [-0.2, 0) is 11.2 Å². The maximum Gasteiger partial charge on any atom is 0.307 e. The monoisotopic (exact) mass is 279 g/mol. The lowest BCUT2D eigenvalue weighted by Crippen LogP contribution is -2.17. The lowest BCUT2D eigenvalue weighted by Gasteiger charge is -2.20. The zero-order chi connectivity index (χ0) is 14.7. The summed E-state index contributed by atoms with van der Waals surface area (Å²) in [6, 6.07) is 3.90. The SMILES string of the molecule is CCc1c(OC)ccc(C2CC(C(=O)O)CN2)c1OC. The highest BCUT2D eigenvalue weighted by atomic mass is 16.5. The third-order valence-corrected chi connectivity index (χ3v) is 3.88. The number of rotatable bonds is 5. The molecule has 0 saturated carbocycles. The Morgan fingerprint density at radius 1 is 1.40 bits per heavy atom. The van der Waals surface area contributed by atoms with Crippen molar-refractivity contribution < 1.29 is 19.4 Å². The molecule has 2 rings (SSSR count). The predicted octanol–water partition coefficient (Wildman–Crippen LogP) is 2.00. The molecule has 0 bridgehead atoms. The summed E-state index contributed by atoms with van der Waals surface area (Å²) in [7, 11) is 3.28. The van der Waals surface area contributed by atoms with Gasteiger partial charge in [0.05, 0.1) is 20.1 Å². The molecule has 5 nitrogen and oxygen atoms in total. The van der Waals surface area contributed by atoms with Gasteiger partial charge in [-0.2, -0.15) is 0 Å². The van der Waals surface area contributed by atoms with Crippen molar-refractivity contribution in [3.8, 4) is 11.5 Å². The Morgan fingerprint density at radius 3 is 2.65 bits per heavy atom. The summed E-state index contributed by atoms with van der Waals surface area (Å²) in [6.45, 7) is 2.54. The van der Waals surface area contributed by atoms with E-state index in [4.69, 9.17) is 14.6 Å². The van der Waals surface area contributed by atoms with Gasteiger partial charge in [-0.25, -0.2) is 0 Å². The normalized spacial score (nSPS) is 21.8. The molecule has 2 unspecified atom stereocenters. The fraction of sp³-hybridized carbons (Fsp3) is 0.533. The van der Waals surface area contributed by atoms with Crippen molar-refractivity contribution in [1.82, 2.24) is 5.32 Å². The molecule has 0 amide bonds. The van der Waals surface area contributed by atoms with Gasteiger partial charge in [0.25, 0.3) is 0 Å². The molecule has 5 heteroatoms. The average Bonchev–Trinajstić information content (AvgIpc) is 2.95. The third-order valence-electron chi connectivity index (χ3n) is 3.88. The lowest BCUT2D eigenvalue weighted by atomic mass is 9.96. The molecule has 1 fully saturated rings. The van der Waals surface area contributed by atoms with Crippen molar-refractivity contribution >= 4 is 5.97 Å². The minimum Gasteiger partial charge on any atom is -0.496 e. The number of carboxylic acid groups (broad SMARTS) is 1. The summed E-state index contributed by atoms with van der Waals surface area (Å²) in [5.41, 5.74) is 2.03. The van der Waals surface area contributed by atoms with E-state index in [2.05, 4.69) is 5.32 Å². The van der Waals surface area contributed by atoms with Crippen LogP contribution in [0.25, 0.3) is 0 Å². The molecular weight excluding hydrogens is 258 g/mol. The zero-order valence-electron chi connectivity index (χ0n) is 12.1. The maximum atomic E-state index is 11.1. The van der Waals surface area contributed by atoms with E-state index in [0.717, 1.165) is 29.0 Å². The maximum absolute atomic E-state index is 11.1. The molecule has 110 valence electrons. The van der Waals surface area contributed by atoms with Crippen molar-refractivity contribution in [1.29, 1.82) is 0 Å². The van der Waals surface area contributed by atoms with Crippen LogP contribution in [0.3, 0.4) is 0 Å². The van der Waals surface area contributed by atoms with Crippen LogP contribution in [0.1, 0.15) is 30.5 Å². The minimum atomic E-state index is -0.747. The molecule has 1 aliphatic heterocycles. The van der Waals surface area contributed by atoms with Gasteiger partial charge in [0.15, 0.2) is 0 Å². The molecule has 1 aromatic carbocycles. The topological polar surface area (TPSA) is 67.8 Å². The molecule has 2 N–H and O–H groups in total. The van der Waals surface area contributed by atoms with Crippen molar-refractivity contribution in [3.05, 3.63) is 23.3 Å². The lowest BCUT2D eigenvalue weighted by molar-refractivity contribution is -0.141. The van der Waals surface area contributed by atoms with E-state index in [0.29, 0.717) is 13.0 Å². The predicted molar refractivity (Wildman–Crippen MR) is 75.4 cm³/mol. The first kappa shape index (κ1) is 14.7. The van der Waals surface area contributed by atoms with Gasteiger partial charge in [0.2, 0.25) is 0 Å². The largest absolute Gasteiger partial charge is 0.496 e. The molecule has 2 atom stereocenters. The number of carboxylic acids is 1. The summed E-state index contributed by atoms with van der Waals surface area (Å²) in [5.74, 6) is 0.524. The summed E-state index contributed by atoms with van der Waals surface area (Å²) >= 11 is 0. The number of nitrogens with one attached hydrogen (secondary N) is 1. The Morgan fingerprint density at radius 2 is 2.15 bits per heavy atom. The molecule has 1 saturated heterocycles. The van der Waals surface area contributed by atoms with Gasteiger partial charge in [-0.3, -0.25) is 4.79 Å². The van der Waals surface area contributed by atoms with E-state index in [1.807, 2.05) is 19.1 Å². The number of benzene rings is 1. The molecule has 0 spiro atoms. The number of ether oxygens (including phenoxy) is 2. The highest BCUT2D eigenvalue weighted by Crippen LogP contribution is 2.39. The molecule has 0 radical (unpaired) electrons. The van der Waals surface area contributed by atoms with Crippen molar-refractivity contribution in [2.75, 3.05) is 20.8 Å². The summed E-state index contributed by atoms with van der Waals surface area (Å²) in [6.07, 6.45) is 1.39. The molecule has 20 heavy (non-hydrogen) atoms. The first-order valence-electron chi connectivity index (χ1n) is 6.82. The second-order valence-corrected chi connectivity index (χ2v) is 4.95. The van der Waals surface area contributed by atoms with Gasteiger partial charge in [0.1, 0.15) is 11.5 Å². The minimum absolute atomic E-state index is 0.0160. The number of methoxy groups -OCH3 is 2. The van der Waals surface area contributed by atoms with Crippen LogP contribution < -0.4 is 14.8 Å². The fourth-order valence-electron chi connectivity index (χ4n) is 2.83. The Bertz CT molecular complexity index is 501. The first-order chi connectivity index (χ1) is 9.62. The second-order valence-electron chi connectivity index (χ2n) is 4.95. The van der Waals surface area contributed by atoms with E-state index >= 15 is 0 Å². The van der Waals surface area contributed by atoms with Gasteiger partial charge in [-0.05, 0) is 18.9 Å². The van der Waals surface area contributed by atoms with Crippen LogP contribution in [0.15, 0.2) is 12.1 Å². The standard InChI is InChI=1S/C15H21NO4/c1-4-10-13(19-2)6-5-11(14(10)20-3)12-7-9(8-16-12)15(17)18/h5-6,9,12,16H,4,7-8H2,1-3H3,(H,17,18). The number of hydrogen-bond acceptors (Lipinski definition) is 4. The van der Waals surface area contributed by atoms with Crippen LogP contribution in [0, 0.1) is 5.92 Å². The molecule has 1 aromatic rings. The van der Waals surface area contributed by atoms with Gasteiger partial charge < -0.3 is 19.9 Å². The van der Waals surface area contributed by atoms with Gasteiger partial charge in [-0.15, -0.1) is 0 Å². The second kappa shape index (κ2) is 6.13. The first-order valence-corrected chi connectivity index (χ1v) is 6.82.